The molecule has 17 heavy (non-hydrogen) atoms. The number of pyridine rings is 2. The van der Waals surface area contributed by atoms with Gasteiger partial charge in [0.2, 0.25) is 0 Å². The smallest absolute Gasteiger partial charge is 0.526 e. The van der Waals surface area contributed by atoms with Gasteiger partial charge in [-0.3, -0.25) is 9.97 Å². The van der Waals surface area contributed by atoms with Gasteiger partial charge in [-0.25, -0.2) is 0 Å². The summed E-state index contributed by atoms with van der Waals surface area (Å²) in [5, 5.41) is 0. The molecule has 2 heterocycles. The Hall–Kier alpha value is -2.04. The second kappa shape index (κ2) is 5.34. The molecule has 5 heteroatoms. The number of rotatable bonds is 4. The lowest BCUT2D eigenvalue weighted by molar-refractivity contribution is 0.458. The molecule has 2 aromatic rings. The van der Waals surface area contributed by atoms with Crippen LogP contribution in [-0.4, -0.2) is 17.7 Å². The summed E-state index contributed by atoms with van der Waals surface area (Å²) in [6.07, 6.45) is 3.38. The molecule has 85 valence electrons. The van der Waals surface area contributed by atoms with Crippen molar-refractivity contribution in [2.45, 2.75) is 13.8 Å². The van der Waals surface area contributed by atoms with E-state index < -0.39 is 0 Å². The molecule has 4 nitrogen and oxygen atoms in total. The first-order valence-corrected chi connectivity index (χ1v) is 5.24. The van der Waals surface area contributed by atoms with E-state index in [-0.39, 0.29) is 0 Å². The molecule has 2 rings (SSSR count). The predicted molar refractivity (Wildman–Crippen MR) is 65.0 cm³/mol. The minimum absolute atomic E-state index is 0.697. The molecule has 0 aliphatic carbocycles. The third-order valence-corrected chi connectivity index (χ3v) is 2.10. The average Bonchev–Trinajstić information content (AvgIpc) is 2.29. The summed E-state index contributed by atoms with van der Waals surface area (Å²) in [5.74, 6) is 1.39. The fraction of sp³-hybridized carbons (Fsp3) is 0.167. The van der Waals surface area contributed by atoms with Crippen LogP contribution >= 0.6 is 0 Å². The Bertz CT molecular complexity index is 460. The maximum absolute atomic E-state index is 5.32. The summed E-state index contributed by atoms with van der Waals surface area (Å²) >= 11 is 0. The lowest BCUT2D eigenvalue weighted by atomic mass is 10.3. The van der Waals surface area contributed by atoms with Crippen molar-refractivity contribution in [1.82, 2.24) is 9.97 Å². The fourth-order valence-corrected chi connectivity index (χ4v) is 1.32. The van der Waals surface area contributed by atoms with Crippen LogP contribution in [0, 0.1) is 13.8 Å². The third-order valence-electron chi connectivity index (χ3n) is 2.10. The van der Waals surface area contributed by atoms with Crippen LogP contribution in [0.4, 0.5) is 0 Å². The van der Waals surface area contributed by atoms with Crippen LogP contribution in [0.5, 0.6) is 11.5 Å². The monoisotopic (exact) mass is 227 g/mol. The van der Waals surface area contributed by atoms with Crippen molar-refractivity contribution in [2.24, 2.45) is 0 Å². The third kappa shape index (κ3) is 3.48. The molecule has 0 saturated heterocycles. The first-order chi connectivity index (χ1) is 8.24. The van der Waals surface area contributed by atoms with Crippen LogP contribution in [0.1, 0.15) is 11.4 Å². The van der Waals surface area contributed by atoms with Crippen LogP contribution in [0.25, 0.3) is 0 Å². The molecule has 0 fully saturated rings. The number of hydrogen-bond donors (Lipinski definition) is 0. The van der Waals surface area contributed by atoms with E-state index in [1.165, 1.54) is 7.69 Å². The van der Waals surface area contributed by atoms with Crippen molar-refractivity contribution in [3.8, 4) is 11.5 Å². The Kier molecular flexibility index (Phi) is 3.60. The van der Waals surface area contributed by atoms with Gasteiger partial charge in [-0.15, -0.1) is 0 Å². The summed E-state index contributed by atoms with van der Waals surface area (Å²) in [7, 11) is 1.30. The minimum Gasteiger partial charge on any atom is -0.526 e. The van der Waals surface area contributed by atoms with Crippen molar-refractivity contribution in [3.05, 3.63) is 48.0 Å². The number of aryl methyl sites for hydroxylation is 2. The summed E-state index contributed by atoms with van der Waals surface area (Å²) in [6, 6.07) is 7.20. The van der Waals surface area contributed by atoms with E-state index in [0.29, 0.717) is 11.5 Å². The Morgan fingerprint density at radius 3 is 1.76 bits per heavy atom. The van der Waals surface area contributed by atoms with E-state index >= 15 is 0 Å². The highest BCUT2D eigenvalue weighted by Crippen LogP contribution is 2.12. The summed E-state index contributed by atoms with van der Waals surface area (Å²) in [6.45, 7) is 3.81. The molecule has 0 aliphatic heterocycles. The predicted octanol–water partition coefficient (Wildman–Crippen LogP) is 2.09. The maximum Gasteiger partial charge on any atom is 0.658 e. The van der Waals surface area contributed by atoms with E-state index in [0.717, 1.165) is 11.4 Å². The summed E-state index contributed by atoms with van der Waals surface area (Å²) < 4.78 is 10.6. The van der Waals surface area contributed by atoms with E-state index in [9.17, 15) is 0 Å². The largest absolute Gasteiger partial charge is 0.658 e. The van der Waals surface area contributed by atoms with Crippen molar-refractivity contribution in [2.75, 3.05) is 0 Å². The lowest BCUT2D eigenvalue weighted by Crippen LogP contribution is -2.11. The Balaban J connectivity index is 1.87. The van der Waals surface area contributed by atoms with Crippen LogP contribution in [0.15, 0.2) is 36.7 Å². The topological polar surface area (TPSA) is 44.2 Å². The van der Waals surface area contributed by atoms with Gasteiger partial charge >= 0.3 is 7.69 Å². The zero-order chi connectivity index (χ0) is 12.1. The second-order valence-corrected chi connectivity index (χ2v) is 3.60. The average molecular weight is 227 g/mol. The van der Waals surface area contributed by atoms with Crippen molar-refractivity contribution in [3.63, 3.8) is 0 Å². The van der Waals surface area contributed by atoms with Gasteiger partial charge in [-0.1, -0.05) is 0 Å². The van der Waals surface area contributed by atoms with Crippen molar-refractivity contribution in [1.29, 1.82) is 0 Å². The Morgan fingerprint density at radius 1 is 0.882 bits per heavy atom. The molecule has 0 saturated carbocycles. The Morgan fingerprint density at radius 2 is 1.35 bits per heavy atom. The van der Waals surface area contributed by atoms with Gasteiger partial charge in [0.05, 0.1) is 0 Å². The van der Waals surface area contributed by atoms with Gasteiger partial charge in [-0.2, -0.15) is 0 Å². The van der Waals surface area contributed by atoms with Crippen LogP contribution in [0.3, 0.4) is 0 Å². The highest BCUT2D eigenvalue weighted by Gasteiger charge is 2.02. The second-order valence-electron chi connectivity index (χ2n) is 3.60. The molecule has 0 aromatic carbocycles. The molecular weight excluding hydrogens is 215 g/mol. The van der Waals surface area contributed by atoms with Crippen molar-refractivity contribution >= 4 is 7.69 Å². The standard InChI is InChI=1S/C12H12BN2O2/c1-9-7-11(3-5-14-9)16-13-17-12-4-6-15-10(2)8-12/h3-8H,1-2H3. The van der Waals surface area contributed by atoms with Crippen LogP contribution in [-0.2, 0) is 0 Å². The van der Waals surface area contributed by atoms with Crippen LogP contribution < -0.4 is 9.31 Å². The molecule has 0 N–H and O–H groups in total. The lowest BCUT2D eigenvalue weighted by Gasteiger charge is -2.06. The molecule has 2 aromatic heterocycles. The minimum atomic E-state index is 0.697. The molecule has 0 aliphatic rings. The van der Waals surface area contributed by atoms with E-state index in [1.807, 2.05) is 26.0 Å². The summed E-state index contributed by atoms with van der Waals surface area (Å²) in [5.41, 5.74) is 1.80. The molecule has 0 spiro atoms. The maximum atomic E-state index is 5.32. The van der Waals surface area contributed by atoms with E-state index in [1.54, 1.807) is 24.5 Å². The van der Waals surface area contributed by atoms with Crippen LogP contribution in [0.2, 0.25) is 0 Å². The first-order valence-electron chi connectivity index (χ1n) is 5.24. The number of hydrogen-bond acceptors (Lipinski definition) is 4. The molecule has 0 bridgehead atoms. The zero-order valence-corrected chi connectivity index (χ0v) is 9.75. The molecule has 0 amide bonds. The van der Waals surface area contributed by atoms with Gasteiger partial charge in [-0.05, 0) is 38.1 Å². The van der Waals surface area contributed by atoms with Gasteiger partial charge in [0, 0.05) is 23.8 Å². The molecule has 0 atom stereocenters. The quantitative estimate of drug-likeness (QED) is 0.750. The highest BCUT2D eigenvalue weighted by molar-refractivity contribution is 6.20. The number of nitrogens with zero attached hydrogens (tertiary/aromatic N) is 2. The van der Waals surface area contributed by atoms with Gasteiger partial charge in [0.1, 0.15) is 11.5 Å². The normalized spacial score (nSPS) is 9.76. The molecule has 0 unspecified atom stereocenters. The first kappa shape index (κ1) is 11.5. The van der Waals surface area contributed by atoms with Gasteiger partial charge in [0.25, 0.3) is 0 Å². The molecular formula is C12H12BN2O2. The fourth-order valence-electron chi connectivity index (χ4n) is 1.32. The molecule has 1 radical (unpaired) electrons. The van der Waals surface area contributed by atoms with E-state index in [4.69, 9.17) is 9.31 Å². The van der Waals surface area contributed by atoms with Crippen molar-refractivity contribution < 1.29 is 9.31 Å². The summed E-state index contributed by atoms with van der Waals surface area (Å²) in [4.78, 5) is 8.15. The highest BCUT2D eigenvalue weighted by atomic mass is 16.6. The van der Waals surface area contributed by atoms with E-state index in [2.05, 4.69) is 9.97 Å². The van der Waals surface area contributed by atoms with Gasteiger partial charge in [0.15, 0.2) is 0 Å². The van der Waals surface area contributed by atoms with Gasteiger partial charge < -0.3 is 9.31 Å². The SMILES string of the molecule is Cc1cc(O[B]Oc2ccnc(C)c2)ccn1. The zero-order valence-electron chi connectivity index (χ0n) is 9.75. The number of aromatic nitrogens is 2. The Labute approximate surface area is 101 Å².